The van der Waals surface area contributed by atoms with Crippen molar-refractivity contribution >= 4 is 5.91 Å². The van der Waals surface area contributed by atoms with Crippen LogP contribution in [0.25, 0.3) is 0 Å². The van der Waals surface area contributed by atoms with Gasteiger partial charge in [0.15, 0.2) is 18.1 Å². The zero-order valence-corrected chi connectivity index (χ0v) is 11.5. The Bertz CT molecular complexity index is 476. The Balaban J connectivity index is 2.83. The summed E-state index contributed by atoms with van der Waals surface area (Å²) in [6, 6.07) is 7.04. The second-order valence-corrected chi connectivity index (χ2v) is 3.80. The molecule has 5 nitrogen and oxygen atoms in total. The molecule has 19 heavy (non-hydrogen) atoms. The lowest BCUT2D eigenvalue weighted by Gasteiger charge is -2.19. The first-order valence-electron chi connectivity index (χ1n) is 6.15. The molecule has 0 atom stereocenters. The van der Waals surface area contributed by atoms with Gasteiger partial charge < -0.3 is 14.4 Å². The standard InChI is InChI=1S/C14H18N2O3/c1-4-16(5-2)13(17)10-19-14-11(9-15)7-6-8-12(14)18-3/h6-8H,4-5,10H2,1-3H3. The van der Waals surface area contributed by atoms with Gasteiger partial charge >= 0.3 is 0 Å². The molecule has 0 aromatic heterocycles. The number of nitriles is 1. The van der Waals surface area contributed by atoms with Gasteiger partial charge in [-0.1, -0.05) is 6.07 Å². The Labute approximate surface area is 113 Å². The molecule has 0 aliphatic heterocycles. The smallest absolute Gasteiger partial charge is 0.260 e. The van der Waals surface area contributed by atoms with Crippen LogP contribution in [0, 0.1) is 11.3 Å². The van der Waals surface area contributed by atoms with Crippen LogP contribution in [0.15, 0.2) is 18.2 Å². The van der Waals surface area contributed by atoms with E-state index in [1.165, 1.54) is 7.11 Å². The van der Waals surface area contributed by atoms with Crippen LogP contribution in [0.3, 0.4) is 0 Å². The minimum absolute atomic E-state index is 0.100. The second kappa shape index (κ2) is 7.27. The van der Waals surface area contributed by atoms with Crippen LogP contribution in [0.2, 0.25) is 0 Å². The second-order valence-electron chi connectivity index (χ2n) is 3.80. The zero-order chi connectivity index (χ0) is 14.3. The molecule has 0 N–H and O–H groups in total. The van der Waals surface area contributed by atoms with Crippen molar-refractivity contribution in [3.05, 3.63) is 23.8 Å². The van der Waals surface area contributed by atoms with Crippen LogP contribution in [-0.2, 0) is 4.79 Å². The van der Waals surface area contributed by atoms with E-state index in [0.29, 0.717) is 30.2 Å². The summed E-state index contributed by atoms with van der Waals surface area (Å²) in [6.07, 6.45) is 0. The van der Waals surface area contributed by atoms with E-state index < -0.39 is 0 Å². The summed E-state index contributed by atoms with van der Waals surface area (Å²) in [6.45, 7) is 4.98. The van der Waals surface area contributed by atoms with Gasteiger partial charge in [-0.25, -0.2) is 0 Å². The molecule has 0 saturated heterocycles. The van der Waals surface area contributed by atoms with Gasteiger partial charge in [-0.2, -0.15) is 5.26 Å². The molecule has 0 fully saturated rings. The van der Waals surface area contributed by atoms with Crippen molar-refractivity contribution in [1.29, 1.82) is 5.26 Å². The van der Waals surface area contributed by atoms with Gasteiger partial charge in [0.2, 0.25) is 0 Å². The summed E-state index contributed by atoms with van der Waals surface area (Å²) < 4.78 is 10.6. The van der Waals surface area contributed by atoms with E-state index in [-0.39, 0.29) is 12.5 Å². The van der Waals surface area contributed by atoms with Crippen molar-refractivity contribution in [3.8, 4) is 17.6 Å². The number of ether oxygens (including phenoxy) is 2. The molecule has 0 radical (unpaired) electrons. The van der Waals surface area contributed by atoms with E-state index in [1.807, 2.05) is 19.9 Å². The number of rotatable bonds is 6. The topological polar surface area (TPSA) is 62.6 Å². The summed E-state index contributed by atoms with van der Waals surface area (Å²) in [7, 11) is 1.50. The molecule has 1 amide bonds. The highest BCUT2D eigenvalue weighted by molar-refractivity contribution is 5.78. The monoisotopic (exact) mass is 262 g/mol. The molecule has 0 aliphatic rings. The summed E-state index contributed by atoms with van der Waals surface area (Å²) in [5.41, 5.74) is 0.353. The maximum absolute atomic E-state index is 11.9. The Morgan fingerprint density at radius 2 is 2.05 bits per heavy atom. The third kappa shape index (κ3) is 3.62. The van der Waals surface area contributed by atoms with Gasteiger partial charge in [0, 0.05) is 13.1 Å². The van der Waals surface area contributed by atoms with E-state index in [9.17, 15) is 4.79 Å². The van der Waals surface area contributed by atoms with Gasteiger partial charge in [0.1, 0.15) is 6.07 Å². The summed E-state index contributed by atoms with van der Waals surface area (Å²) >= 11 is 0. The molecule has 0 heterocycles. The highest BCUT2D eigenvalue weighted by atomic mass is 16.5. The van der Waals surface area contributed by atoms with Gasteiger partial charge in [0.25, 0.3) is 5.91 Å². The molecule has 0 bridgehead atoms. The molecule has 102 valence electrons. The van der Waals surface area contributed by atoms with Crippen molar-refractivity contribution in [3.63, 3.8) is 0 Å². The fourth-order valence-electron chi connectivity index (χ4n) is 1.72. The summed E-state index contributed by atoms with van der Waals surface area (Å²) in [5, 5.41) is 9.02. The minimum atomic E-state index is -0.111. The molecular formula is C14H18N2O3. The SMILES string of the molecule is CCN(CC)C(=O)COc1c(C#N)cccc1OC. The Morgan fingerprint density at radius 1 is 1.37 bits per heavy atom. The van der Waals surface area contributed by atoms with Crippen LogP contribution < -0.4 is 9.47 Å². The van der Waals surface area contributed by atoms with E-state index in [4.69, 9.17) is 14.7 Å². The van der Waals surface area contributed by atoms with Crippen molar-refractivity contribution in [2.75, 3.05) is 26.8 Å². The number of methoxy groups -OCH3 is 1. The molecule has 0 saturated carbocycles. The van der Waals surface area contributed by atoms with Crippen molar-refractivity contribution < 1.29 is 14.3 Å². The minimum Gasteiger partial charge on any atom is -0.493 e. The molecule has 1 rings (SSSR count). The Kier molecular flexibility index (Phi) is 5.68. The van der Waals surface area contributed by atoms with Crippen LogP contribution in [0.1, 0.15) is 19.4 Å². The quantitative estimate of drug-likeness (QED) is 0.784. The van der Waals surface area contributed by atoms with E-state index in [0.717, 1.165) is 0 Å². The average molecular weight is 262 g/mol. The van der Waals surface area contributed by atoms with Gasteiger partial charge in [-0.05, 0) is 26.0 Å². The highest BCUT2D eigenvalue weighted by Crippen LogP contribution is 2.30. The zero-order valence-electron chi connectivity index (χ0n) is 11.5. The van der Waals surface area contributed by atoms with Crippen molar-refractivity contribution in [2.45, 2.75) is 13.8 Å². The molecule has 1 aromatic carbocycles. The van der Waals surface area contributed by atoms with Gasteiger partial charge in [0.05, 0.1) is 12.7 Å². The van der Waals surface area contributed by atoms with Crippen molar-refractivity contribution in [1.82, 2.24) is 4.90 Å². The number of benzene rings is 1. The number of hydrogen-bond donors (Lipinski definition) is 0. The maximum Gasteiger partial charge on any atom is 0.260 e. The van der Waals surface area contributed by atoms with Crippen LogP contribution in [0.4, 0.5) is 0 Å². The fourth-order valence-corrected chi connectivity index (χ4v) is 1.72. The Hall–Kier alpha value is -2.22. The first kappa shape index (κ1) is 14.8. The Morgan fingerprint density at radius 3 is 2.58 bits per heavy atom. The van der Waals surface area contributed by atoms with Crippen LogP contribution in [-0.4, -0.2) is 37.6 Å². The molecule has 1 aromatic rings. The van der Waals surface area contributed by atoms with E-state index in [2.05, 4.69) is 0 Å². The molecule has 0 unspecified atom stereocenters. The summed E-state index contributed by atoms with van der Waals surface area (Å²) in [5.74, 6) is 0.652. The molecule has 0 aliphatic carbocycles. The number of likely N-dealkylation sites (N-methyl/N-ethyl adjacent to an activating group) is 1. The third-order valence-electron chi connectivity index (χ3n) is 2.78. The largest absolute Gasteiger partial charge is 0.493 e. The maximum atomic E-state index is 11.9. The lowest BCUT2D eigenvalue weighted by molar-refractivity contribution is -0.132. The number of carbonyl (C=O) groups excluding carboxylic acids is 1. The number of amides is 1. The first-order valence-corrected chi connectivity index (χ1v) is 6.15. The van der Waals surface area contributed by atoms with E-state index in [1.54, 1.807) is 23.1 Å². The fraction of sp³-hybridized carbons (Fsp3) is 0.429. The number of hydrogen-bond acceptors (Lipinski definition) is 4. The molecule has 5 heteroatoms. The molecule has 0 spiro atoms. The van der Waals surface area contributed by atoms with E-state index >= 15 is 0 Å². The average Bonchev–Trinajstić information content (AvgIpc) is 2.45. The normalized spacial score (nSPS) is 9.58. The first-order chi connectivity index (χ1) is 9.17. The number of nitrogens with zero attached hydrogens (tertiary/aromatic N) is 2. The van der Waals surface area contributed by atoms with Gasteiger partial charge in [-0.15, -0.1) is 0 Å². The predicted octanol–water partition coefficient (Wildman–Crippen LogP) is 1.81. The number of carbonyl (C=O) groups is 1. The van der Waals surface area contributed by atoms with Crippen molar-refractivity contribution in [2.24, 2.45) is 0 Å². The third-order valence-corrected chi connectivity index (χ3v) is 2.78. The lowest BCUT2D eigenvalue weighted by Crippen LogP contribution is -2.34. The number of para-hydroxylation sites is 1. The van der Waals surface area contributed by atoms with Crippen LogP contribution >= 0.6 is 0 Å². The van der Waals surface area contributed by atoms with Gasteiger partial charge in [-0.3, -0.25) is 4.79 Å². The highest BCUT2D eigenvalue weighted by Gasteiger charge is 2.14. The van der Waals surface area contributed by atoms with Crippen LogP contribution in [0.5, 0.6) is 11.5 Å². The summed E-state index contributed by atoms with van der Waals surface area (Å²) in [4.78, 5) is 13.5. The molecular weight excluding hydrogens is 244 g/mol. The lowest BCUT2D eigenvalue weighted by atomic mass is 10.2. The predicted molar refractivity (Wildman–Crippen MR) is 71.1 cm³/mol.